The van der Waals surface area contributed by atoms with Crippen LogP contribution in [-0.2, 0) is 0 Å². The molecule has 0 aromatic heterocycles. The van der Waals surface area contributed by atoms with E-state index in [0.29, 0.717) is 22.3 Å². The maximum atomic E-state index is 12.6. The Morgan fingerprint density at radius 2 is 2.05 bits per heavy atom. The third-order valence-electron chi connectivity index (χ3n) is 3.85. The van der Waals surface area contributed by atoms with Crippen LogP contribution in [0.1, 0.15) is 23.2 Å². The number of piperidine rings is 1. The Kier molecular flexibility index (Phi) is 4.86. The normalized spacial score (nSPS) is 16.6. The zero-order valence-electron chi connectivity index (χ0n) is 11.9. The van der Waals surface area contributed by atoms with E-state index in [1.54, 1.807) is 18.2 Å². The number of halogens is 1. The third-order valence-corrected chi connectivity index (χ3v) is 4.08. The SMILES string of the molecule is CN(C)C1CCN(C(=O)c2cc(Cl)ccc2NN)CC1. The predicted molar refractivity (Wildman–Crippen MR) is 81.9 cm³/mol. The van der Waals surface area contributed by atoms with Crippen LogP contribution in [0.5, 0.6) is 0 Å². The predicted octanol–water partition coefficient (Wildman–Crippen LogP) is 1.79. The van der Waals surface area contributed by atoms with Gasteiger partial charge in [0.2, 0.25) is 0 Å². The minimum absolute atomic E-state index is 0.0161. The second-order valence-electron chi connectivity index (χ2n) is 5.32. The van der Waals surface area contributed by atoms with Crippen molar-refractivity contribution in [1.29, 1.82) is 0 Å². The Labute approximate surface area is 124 Å². The molecule has 0 bridgehead atoms. The number of hydrogen-bond donors (Lipinski definition) is 2. The van der Waals surface area contributed by atoms with Gasteiger partial charge in [-0.25, -0.2) is 0 Å². The highest BCUT2D eigenvalue weighted by Crippen LogP contribution is 2.23. The molecule has 1 aliphatic rings. The number of nitrogen functional groups attached to an aromatic ring is 1. The van der Waals surface area contributed by atoms with Gasteiger partial charge in [-0.05, 0) is 45.1 Å². The zero-order chi connectivity index (χ0) is 14.7. The molecule has 0 saturated carbocycles. The van der Waals surface area contributed by atoms with Crippen LogP contribution >= 0.6 is 11.6 Å². The first-order valence-corrected chi connectivity index (χ1v) is 7.12. The molecule has 5 nitrogen and oxygen atoms in total. The van der Waals surface area contributed by atoms with Crippen LogP contribution in [0.25, 0.3) is 0 Å². The molecular formula is C14H21ClN4O. The van der Waals surface area contributed by atoms with E-state index in [-0.39, 0.29) is 5.91 Å². The second kappa shape index (κ2) is 6.43. The number of likely N-dealkylation sites (tertiary alicyclic amines) is 1. The highest BCUT2D eigenvalue weighted by Gasteiger charge is 2.25. The second-order valence-corrected chi connectivity index (χ2v) is 5.76. The molecule has 0 spiro atoms. The first-order valence-electron chi connectivity index (χ1n) is 6.75. The standard InChI is InChI=1S/C14H21ClN4O/c1-18(2)11-5-7-19(8-6-11)14(20)12-9-10(15)3-4-13(12)17-16/h3-4,9,11,17H,5-8,16H2,1-2H3. The van der Waals surface area contributed by atoms with Gasteiger partial charge in [-0.1, -0.05) is 11.6 Å². The summed E-state index contributed by atoms with van der Waals surface area (Å²) < 4.78 is 0. The number of nitrogens with zero attached hydrogens (tertiary/aromatic N) is 2. The lowest BCUT2D eigenvalue weighted by atomic mass is 10.0. The van der Waals surface area contributed by atoms with Gasteiger partial charge in [0.05, 0.1) is 11.3 Å². The highest BCUT2D eigenvalue weighted by molar-refractivity contribution is 6.31. The first-order chi connectivity index (χ1) is 9.52. The van der Waals surface area contributed by atoms with Crippen molar-refractivity contribution in [3.63, 3.8) is 0 Å². The summed E-state index contributed by atoms with van der Waals surface area (Å²) in [5.74, 6) is 5.44. The minimum atomic E-state index is -0.0161. The molecule has 6 heteroatoms. The van der Waals surface area contributed by atoms with Crippen LogP contribution in [0.15, 0.2) is 18.2 Å². The Morgan fingerprint density at radius 3 is 2.60 bits per heavy atom. The van der Waals surface area contributed by atoms with E-state index in [9.17, 15) is 4.79 Å². The van der Waals surface area contributed by atoms with E-state index in [2.05, 4.69) is 24.4 Å². The van der Waals surface area contributed by atoms with Crippen molar-refractivity contribution < 1.29 is 4.79 Å². The van der Waals surface area contributed by atoms with Crippen LogP contribution in [0.4, 0.5) is 5.69 Å². The molecule has 0 radical (unpaired) electrons. The van der Waals surface area contributed by atoms with E-state index in [1.807, 2.05) is 4.90 Å². The zero-order valence-corrected chi connectivity index (χ0v) is 12.7. The van der Waals surface area contributed by atoms with Crippen LogP contribution in [-0.4, -0.2) is 48.9 Å². The number of anilines is 1. The molecule has 1 fully saturated rings. The fourth-order valence-electron chi connectivity index (χ4n) is 2.57. The van der Waals surface area contributed by atoms with Crippen LogP contribution in [0.3, 0.4) is 0 Å². The summed E-state index contributed by atoms with van der Waals surface area (Å²) in [6.45, 7) is 1.52. The average Bonchev–Trinajstić information content (AvgIpc) is 2.46. The lowest BCUT2D eigenvalue weighted by molar-refractivity contribution is 0.0664. The van der Waals surface area contributed by atoms with Gasteiger partial charge in [0.1, 0.15) is 0 Å². The molecule has 1 aromatic rings. The van der Waals surface area contributed by atoms with Crippen molar-refractivity contribution >= 4 is 23.2 Å². The number of amides is 1. The largest absolute Gasteiger partial charge is 0.338 e. The summed E-state index contributed by atoms with van der Waals surface area (Å²) >= 11 is 5.98. The molecule has 0 unspecified atom stereocenters. The van der Waals surface area contributed by atoms with Crippen molar-refractivity contribution in [1.82, 2.24) is 9.80 Å². The fourth-order valence-corrected chi connectivity index (χ4v) is 2.75. The number of nitrogens with one attached hydrogen (secondary N) is 1. The molecule has 3 N–H and O–H groups in total. The lowest BCUT2D eigenvalue weighted by Crippen LogP contribution is -2.44. The van der Waals surface area contributed by atoms with Crippen LogP contribution in [0, 0.1) is 0 Å². The molecule has 1 saturated heterocycles. The molecule has 110 valence electrons. The third kappa shape index (κ3) is 3.23. The van der Waals surface area contributed by atoms with Crippen molar-refractivity contribution in [2.75, 3.05) is 32.6 Å². The molecule has 2 rings (SSSR count). The Bertz CT molecular complexity index is 484. The Hall–Kier alpha value is -1.30. The van der Waals surface area contributed by atoms with Gasteiger partial charge in [-0.15, -0.1) is 0 Å². The number of benzene rings is 1. The highest BCUT2D eigenvalue weighted by atomic mass is 35.5. The number of hydrazine groups is 1. The number of rotatable bonds is 3. The number of carbonyl (C=O) groups excluding carboxylic acids is 1. The van der Waals surface area contributed by atoms with Gasteiger partial charge >= 0.3 is 0 Å². The smallest absolute Gasteiger partial charge is 0.256 e. The summed E-state index contributed by atoms with van der Waals surface area (Å²) in [7, 11) is 4.16. The van der Waals surface area contributed by atoms with Gasteiger partial charge in [-0.2, -0.15) is 0 Å². The molecule has 0 aliphatic carbocycles. The molecular weight excluding hydrogens is 276 g/mol. The van der Waals surface area contributed by atoms with E-state index in [0.717, 1.165) is 25.9 Å². The summed E-state index contributed by atoms with van der Waals surface area (Å²) in [5.41, 5.74) is 3.69. The summed E-state index contributed by atoms with van der Waals surface area (Å²) in [6, 6.07) is 5.65. The van der Waals surface area contributed by atoms with Gasteiger partial charge in [0.15, 0.2) is 0 Å². The van der Waals surface area contributed by atoms with E-state index >= 15 is 0 Å². The maximum absolute atomic E-state index is 12.6. The van der Waals surface area contributed by atoms with Gasteiger partial charge < -0.3 is 15.2 Å². The minimum Gasteiger partial charge on any atom is -0.338 e. The molecule has 1 aromatic carbocycles. The Morgan fingerprint density at radius 1 is 1.40 bits per heavy atom. The number of carbonyl (C=O) groups is 1. The quantitative estimate of drug-likeness (QED) is 0.659. The average molecular weight is 297 g/mol. The molecule has 20 heavy (non-hydrogen) atoms. The number of nitrogens with two attached hydrogens (primary N) is 1. The van der Waals surface area contributed by atoms with E-state index in [4.69, 9.17) is 17.4 Å². The van der Waals surface area contributed by atoms with Crippen molar-refractivity contribution in [2.24, 2.45) is 5.84 Å². The van der Waals surface area contributed by atoms with E-state index < -0.39 is 0 Å². The molecule has 1 heterocycles. The van der Waals surface area contributed by atoms with Gasteiger partial charge in [0, 0.05) is 24.2 Å². The molecule has 1 amide bonds. The summed E-state index contributed by atoms with van der Waals surface area (Å²) in [5, 5.41) is 0.538. The van der Waals surface area contributed by atoms with Crippen molar-refractivity contribution in [2.45, 2.75) is 18.9 Å². The summed E-state index contributed by atoms with van der Waals surface area (Å²) in [4.78, 5) is 16.7. The van der Waals surface area contributed by atoms with Crippen molar-refractivity contribution in [3.05, 3.63) is 28.8 Å². The summed E-state index contributed by atoms with van der Waals surface area (Å²) in [6.07, 6.45) is 1.98. The lowest BCUT2D eigenvalue weighted by Gasteiger charge is -2.35. The van der Waals surface area contributed by atoms with Crippen molar-refractivity contribution in [3.8, 4) is 0 Å². The monoisotopic (exact) mass is 296 g/mol. The topological polar surface area (TPSA) is 61.6 Å². The van der Waals surface area contributed by atoms with Gasteiger partial charge in [-0.3, -0.25) is 10.6 Å². The fraction of sp³-hybridized carbons (Fsp3) is 0.500. The maximum Gasteiger partial charge on any atom is 0.256 e. The number of hydrogen-bond acceptors (Lipinski definition) is 4. The van der Waals surface area contributed by atoms with Gasteiger partial charge in [0.25, 0.3) is 5.91 Å². The van der Waals surface area contributed by atoms with E-state index in [1.165, 1.54) is 0 Å². The molecule has 1 aliphatic heterocycles. The van der Waals surface area contributed by atoms with Crippen LogP contribution in [0.2, 0.25) is 5.02 Å². The first kappa shape index (κ1) is 15.1. The Balaban J connectivity index is 2.11. The molecule has 0 atom stereocenters. The van der Waals surface area contributed by atoms with Crippen LogP contribution < -0.4 is 11.3 Å².